The van der Waals surface area contributed by atoms with E-state index in [4.69, 9.17) is 0 Å². The molecular weight excluding hydrogens is 574 g/mol. The van der Waals surface area contributed by atoms with E-state index in [1.165, 1.54) is 44.2 Å². The van der Waals surface area contributed by atoms with E-state index in [9.17, 15) is 0 Å². The third kappa shape index (κ3) is 5.25. The smallest absolute Gasteiger partial charge is 0.0468 e. The van der Waals surface area contributed by atoms with Crippen LogP contribution in [0.5, 0.6) is 0 Å². The van der Waals surface area contributed by atoms with Crippen molar-refractivity contribution < 1.29 is 0 Å². The molecule has 7 aromatic carbocycles. The molecule has 0 amide bonds. The van der Waals surface area contributed by atoms with Gasteiger partial charge in [0.2, 0.25) is 0 Å². The number of rotatable bonds is 6. The fraction of sp³-hybridized carbons (Fsp3) is 0. The first-order valence-corrected chi connectivity index (χ1v) is 14.9. The second kappa shape index (κ2) is 11.5. The second-order valence-corrected chi connectivity index (χ2v) is 11.3. The molecular formula is C40H28BrN. The van der Waals surface area contributed by atoms with Crippen molar-refractivity contribution in [2.24, 2.45) is 0 Å². The molecule has 200 valence electrons. The van der Waals surface area contributed by atoms with E-state index in [0.717, 1.165) is 21.5 Å². The maximum atomic E-state index is 3.62. The van der Waals surface area contributed by atoms with Gasteiger partial charge in [-0.1, -0.05) is 131 Å². The average molecular weight is 603 g/mol. The van der Waals surface area contributed by atoms with Crippen molar-refractivity contribution in [2.75, 3.05) is 4.90 Å². The minimum atomic E-state index is 1.06. The first-order valence-electron chi connectivity index (χ1n) is 14.1. The quantitative estimate of drug-likeness (QED) is 0.183. The van der Waals surface area contributed by atoms with Crippen molar-refractivity contribution in [1.29, 1.82) is 0 Å². The normalized spacial score (nSPS) is 11.0. The number of anilines is 3. The van der Waals surface area contributed by atoms with Gasteiger partial charge in [0, 0.05) is 21.5 Å². The Kier molecular flexibility index (Phi) is 7.13. The van der Waals surface area contributed by atoms with E-state index in [1.54, 1.807) is 0 Å². The molecule has 0 saturated carbocycles. The van der Waals surface area contributed by atoms with Gasteiger partial charge in [-0.15, -0.1) is 0 Å². The molecule has 1 nitrogen and oxygen atoms in total. The van der Waals surface area contributed by atoms with E-state index in [1.807, 2.05) is 0 Å². The molecule has 0 N–H and O–H groups in total. The summed E-state index contributed by atoms with van der Waals surface area (Å²) in [5.41, 5.74) is 10.5. The van der Waals surface area contributed by atoms with E-state index in [-0.39, 0.29) is 0 Å². The summed E-state index contributed by atoms with van der Waals surface area (Å²) in [6.45, 7) is 0. The predicted octanol–water partition coefficient (Wildman–Crippen LogP) is 12.1. The highest BCUT2D eigenvalue weighted by Gasteiger charge is 2.16. The lowest BCUT2D eigenvalue weighted by molar-refractivity contribution is 1.28. The largest absolute Gasteiger partial charge is 0.310 e. The molecule has 0 bridgehead atoms. The van der Waals surface area contributed by atoms with Crippen LogP contribution in [0, 0.1) is 0 Å². The number of nitrogens with zero attached hydrogens (tertiary/aromatic N) is 1. The molecule has 0 aromatic heterocycles. The van der Waals surface area contributed by atoms with Crippen LogP contribution in [0.1, 0.15) is 0 Å². The number of fused-ring (bicyclic) bond motifs is 1. The van der Waals surface area contributed by atoms with Gasteiger partial charge in [-0.05, 0) is 98.8 Å². The molecule has 0 aliphatic heterocycles. The molecule has 0 spiro atoms. The Bertz CT molecular complexity index is 1960. The van der Waals surface area contributed by atoms with Crippen LogP contribution in [0.25, 0.3) is 44.2 Å². The lowest BCUT2D eigenvalue weighted by atomic mass is 9.93. The Morgan fingerprint density at radius 3 is 1.52 bits per heavy atom. The van der Waals surface area contributed by atoms with Crippen molar-refractivity contribution in [2.45, 2.75) is 0 Å². The van der Waals surface area contributed by atoms with Crippen LogP contribution in [-0.4, -0.2) is 0 Å². The summed E-state index contributed by atoms with van der Waals surface area (Å²) in [4.78, 5) is 2.33. The van der Waals surface area contributed by atoms with Crippen molar-refractivity contribution in [3.8, 4) is 33.4 Å². The number of benzene rings is 7. The maximum absolute atomic E-state index is 3.62. The molecule has 0 aliphatic carbocycles. The first-order chi connectivity index (χ1) is 20.7. The monoisotopic (exact) mass is 601 g/mol. The molecule has 0 unspecified atom stereocenters. The minimum absolute atomic E-state index is 1.06. The topological polar surface area (TPSA) is 3.24 Å². The highest BCUT2D eigenvalue weighted by Crippen LogP contribution is 2.41. The Morgan fingerprint density at radius 1 is 0.333 bits per heavy atom. The molecule has 0 aliphatic rings. The lowest BCUT2D eigenvalue weighted by Gasteiger charge is -2.27. The van der Waals surface area contributed by atoms with Crippen LogP contribution in [0.4, 0.5) is 17.1 Å². The van der Waals surface area contributed by atoms with Gasteiger partial charge in [0.05, 0.1) is 0 Å². The molecule has 0 fully saturated rings. The molecule has 0 atom stereocenters. The summed E-state index contributed by atoms with van der Waals surface area (Å²) in [6.07, 6.45) is 0. The molecule has 0 heterocycles. The third-order valence-corrected chi connectivity index (χ3v) is 8.25. The van der Waals surface area contributed by atoms with Gasteiger partial charge in [0.1, 0.15) is 0 Å². The second-order valence-electron chi connectivity index (χ2n) is 10.4. The van der Waals surface area contributed by atoms with Crippen molar-refractivity contribution in [1.82, 2.24) is 0 Å². The van der Waals surface area contributed by atoms with Gasteiger partial charge < -0.3 is 4.90 Å². The van der Waals surface area contributed by atoms with Crippen LogP contribution in [-0.2, 0) is 0 Å². The zero-order chi connectivity index (χ0) is 28.3. The standard InChI is InChI=1S/C40H28BrN/c41-35-19-23-37(24-20-35)42(36-21-17-30(18-22-36)34-16-15-29-9-7-8-14-33(29)27-34)38-25-26-39(31-10-3-1-4-11-31)40(28-38)32-12-5-2-6-13-32/h1-28H. The van der Waals surface area contributed by atoms with E-state index >= 15 is 0 Å². The van der Waals surface area contributed by atoms with Crippen LogP contribution >= 0.6 is 15.9 Å². The Labute approximate surface area is 255 Å². The van der Waals surface area contributed by atoms with Crippen LogP contribution in [0.2, 0.25) is 0 Å². The van der Waals surface area contributed by atoms with Crippen LogP contribution < -0.4 is 4.90 Å². The number of halogens is 1. The molecule has 0 saturated heterocycles. The van der Waals surface area contributed by atoms with Gasteiger partial charge in [-0.3, -0.25) is 0 Å². The number of hydrogen-bond donors (Lipinski definition) is 0. The van der Waals surface area contributed by atoms with Crippen LogP contribution in [0.15, 0.2) is 174 Å². The average Bonchev–Trinajstić information content (AvgIpc) is 3.06. The Morgan fingerprint density at radius 2 is 0.857 bits per heavy atom. The highest BCUT2D eigenvalue weighted by atomic mass is 79.9. The zero-order valence-electron chi connectivity index (χ0n) is 23.0. The fourth-order valence-electron chi connectivity index (χ4n) is 5.61. The predicted molar refractivity (Wildman–Crippen MR) is 183 cm³/mol. The third-order valence-electron chi connectivity index (χ3n) is 7.72. The van der Waals surface area contributed by atoms with Gasteiger partial charge in [-0.2, -0.15) is 0 Å². The summed E-state index contributed by atoms with van der Waals surface area (Å²) in [5, 5.41) is 2.51. The maximum Gasteiger partial charge on any atom is 0.0468 e. The molecule has 0 radical (unpaired) electrons. The summed E-state index contributed by atoms with van der Waals surface area (Å²) in [5.74, 6) is 0. The highest BCUT2D eigenvalue weighted by molar-refractivity contribution is 9.10. The summed E-state index contributed by atoms with van der Waals surface area (Å²) in [6, 6.07) is 60.7. The van der Waals surface area contributed by atoms with Gasteiger partial charge >= 0.3 is 0 Å². The Hall–Kier alpha value is -4.92. The summed E-state index contributed by atoms with van der Waals surface area (Å²) >= 11 is 3.62. The molecule has 2 heteroatoms. The Balaban J connectivity index is 1.35. The van der Waals surface area contributed by atoms with Gasteiger partial charge in [-0.25, -0.2) is 0 Å². The van der Waals surface area contributed by atoms with Crippen molar-refractivity contribution >= 4 is 43.8 Å². The first kappa shape index (κ1) is 26.0. The van der Waals surface area contributed by atoms with Crippen molar-refractivity contribution in [3.63, 3.8) is 0 Å². The molecule has 7 aromatic rings. The van der Waals surface area contributed by atoms with Gasteiger partial charge in [0.25, 0.3) is 0 Å². The fourth-order valence-corrected chi connectivity index (χ4v) is 5.87. The minimum Gasteiger partial charge on any atom is -0.310 e. The van der Waals surface area contributed by atoms with E-state index < -0.39 is 0 Å². The zero-order valence-corrected chi connectivity index (χ0v) is 24.6. The van der Waals surface area contributed by atoms with E-state index in [2.05, 4.69) is 191 Å². The SMILES string of the molecule is Brc1ccc(N(c2ccc(-c3ccc4ccccc4c3)cc2)c2ccc(-c3ccccc3)c(-c3ccccc3)c2)cc1. The molecule has 42 heavy (non-hydrogen) atoms. The van der Waals surface area contributed by atoms with Crippen molar-refractivity contribution in [3.05, 3.63) is 174 Å². The lowest BCUT2D eigenvalue weighted by Crippen LogP contribution is -2.10. The summed E-state index contributed by atoms with van der Waals surface area (Å²) in [7, 11) is 0. The summed E-state index contributed by atoms with van der Waals surface area (Å²) < 4.78 is 1.06. The molecule has 7 rings (SSSR count). The van der Waals surface area contributed by atoms with Crippen LogP contribution in [0.3, 0.4) is 0 Å². The number of hydrogen-bond acceptors (Lipinski definition) is 1. The van der Waals surface area contributed by atoms with E-state index in [0.29, 0.717) is 0 Å². The van der Waals surface area contributed by atoms with Gasteiger partial charge in [0.15, 0.2) is 0 Å².